The number of hydrogen-bond acceptors (Lipinski definition) is 8. The van der Waals surface area contributed by atoms with Crippen molar-refractivity contribution in [3.63, 3.8) is 0 Å². The molecule has 3 aliphatic rings. The molecule has 3 unspecified atom stereocenters. The average Bonchev–Trinajstić information content (AvgIpc) is 3.01. The molecule has 3 aromatic carbocycles. The lowest BCUT2D eigenvalue weighted by molar-refractivity contribution is 0.0185. The molecule has 0 bridgehead atoms. The van der Waals surface area contributed by atoms with Gasteiger partial charge in [-0.1, -0.05) is 32.8 Å². The number of aromatic hydroxyl groups is 3. The third-order valence-electron chi connectivity index (χ3n) is 9.58. The van der Waals surface area contributed by atoms with Crippen LogP contribution in [0, 0.1) is 5.92 Å². The minimum Gasteiger partial charge on any atom is -0.508 e. The van der Waals surface area contributed by atoms with Crippen molar-refractivity contribution in [3.05, 3.63) is 52.6 Å². The number of phenolic OH excluding ortho intramolecular Hbond substituents is 3. The van der Waals surface area contributed by atoms with E-state index in [1.54, 1.807) is 19.2 Å². The second-order valence-corrected chi connectivity index (χ2v) is 12.9. The molecule has 0 saturated heterocycles. The minimum absolute atomic E-state index is 0.0427. The van der Waals surface area contributed by atoms with Crippen molar-refractivity contribution in [2.75, 3.05) is 14.2 Å². The van der Waals surface area contributed by atoms with Crippen molar-refractivity contribution in [2.45, 2.75) is 95.9 Å². The highest BCUT2D eigenvalue weighted by molar-refractivity contribution is 5.82. The quantitative estimate of drug-likeness (QED) is 0.211. The molecule has 1 saturated carbocycles. The highest BCUT2D eigenvalue weighted by atomic mass is 16.5. The Morgan fingerprint density at radius 1 is 0.864 bits per heavy atom. The molecule has 8 nitrogen and oxygen atoms in total. The van der Waals surface area contributed by atoms with E-state index in [0.717, 1.165) is 79.2 Å². The van der Waals surface area contributed by atoms with E-state index in [0.29, 0.717) is 23.8 Å². The number of benzene rings is 3. The fourth-order valence-electron chi connectivity index (χ4n) is 7.30. The van der Waals surface area contributed by atoms with Gasteiger partial charge < -0.3 is 39.4 Å². The van der Waals surface area contributed by atoms with Crippen LogP contribution in [0.15, 0.2) is 30.3 Å². The summed E-state index contributed by atoms with van der Waals surface area (Å²) in [6, 6.07) is 8.96. The molecular weight excluding hydrogens is 560 g/mol. The van der Waals surface area contributed by atoms with Crippen LogP contribution in [-0.2, 0) is 12.8 Å². The smallest absolute Gasteiger partial charge is 0.207 e. The molecule has 6 rings (SSSR count). The second kappa shape index (κ2) is 12.3. The van der Waals surface area contributed by atoms with Crippen LogP contribution < -0.4 is 18.9 Å². The summed E-state index contributed by atoms with van der Waals surface area (Å²) in [5.41, 5.74) is 5.39. The number of fused-ring (bicyclic) bond motifs is 5. The lowest BCUT2D eigenvalue weighted by Crippen LogP contribution is -2.32. The first-order valence-electron chi connectivity index (χ1n) is 15.9. The Hall–Kier alpha value is -3.78. The van der Waals surface area contributed by atoms with Gasteiger partial charge >= 0.3 is 0 Å². The molecule has 44 heavy (non-hydrogen) atoms. The van der Waals surface area contributed by atoms with Gasteiger partial charge in [0, 0.05) is 29.2 Å². The molecule has 0 radical (unpaired) electrons. The number of hydrogen-bond donors (Lipinski definition) is 4. The summed E-state index contributed by atoms with van der Waals surface area (Å²) in [5, 5.41) is 44.1. The number of rotatable bonds is 8. The van der Waals surface area contributed by atoms with Crippen LogP contribution in [0.4, 0.5) is 0 Å². The van der Waals surface area contributed by atoms with Crippen LogP contribution in [0.5, 0.6) is 40.2 Å². The van der Waals surface area contributed by atoms with E-state index in [2.05, 4.69) is 13.8 Å². The highest BCUT2D eigenvalue weighted by Gasteiger charge is 2.39. The molecular formula is C36H44O8. The fourth-order valence-corrected chi connectivity index (χ4v) is 7.30. The zero-order valence-electron chi connectivity index (χ0n) is 26.1. The van der Waals surface area contributed by atoms with Crippen molar-refractivity contribution in [2.24, 2.45) is 5.92 Å². The van der Waals surface area contributed by atoms with Crippen molar-refractivity contribution in [3.8, 4) is 51.4 Å². The number of aliphatic hydroxyl groups is 1. The van der Waals surface area contributed by atoms with Crippen molar-refractivity contribution >= 4 is 0 Å². The van der Waals surface area contributed by atoms with Gasteiger partial charge in [-0.2, -0.15) is 0 Å². The van der Waals surface area contributed by atoms with Crippen LogP contribution in [-0.4, -0.2) is 46.9 Å². The van der Waals surface area contributed by atoms with E-state index < -0.39 is 12.2 Å². The second-order valence-electron chi connectivity index (χ2n) is 12.9. The maximum atomic E-state index is 11.6. The Morgan fingerprint density at radius 3 is 2.34 bits per heavy atom. The number of ether oxygens (including phenoxy) is 4. The van der Waals surface area contributed by atoms with Gasteiger partial charge in [-0.05, 0) is 85.3 Å². The molecule has 2 aliphatic carbocycles. The summed E-state index contributed by atoms with van der Waals surface area (Å²) in [7, 11) is 3.01. The van der Waals surface area contributed by atoms with Gasteiger partial charge in [-0.3, -0.25) is 0 Å². The molecule has 3 atom stereocenters. The monoisotopic (exact) mass is 604 g/mol. The van der Waals surface area contributed by atoms with Gasteiger partial charge in [-0.25, -0.2) is 0 Å². The topological polar surface area (TPSA) is 118 Å². The zero-order chi connectivity index (χ0) is 31.1. The van der Waals surface area contributed by atoms with Crippen LogP contribution in [0.3, 0.4) is 0 Å². The lowest BCUT2D eigenvalue weighted by atomic mass is 9.73. The normalized spacial score (nSPS) is 21.2. The highest BCUT2D eigenvalue weighted by Crippen LogP contribution is 2.54. The van der Waals surface area contributed by atoms with Crippen molar-refractivity contribution in [1.29, 1.82) is 0 Å². The van der Waals surface area contributed by atoms with Crippen LogP contribution in [0.1, 0.15) is 93.1 Å². The Balaban J connectivity index is 1.41. The van der Waals surface area contributed by atoms with E-state index in [4.69, 9.17) is 18.9 Å². The predicted octanol–water partition coefficient (Wildman–Crippen LogP) is 7.31. The maximum Gasteiger partial charge on any atom is 0.207 e. The predicted molar refractivity (Wildman–Crippen MR) is 168 cm³/mol. The lowest BCUT2D eigenvalue weighted by Gasteiger charge is -2.37. The summed E-state index contributed by atoms with van der Waals surface area (Å²) in [5.74, 6) is 1.77. The SMILES string of the molecule is COc1cc2c(c3c1-c1ccc(O)cc1C(CCC(C)C)C3)CC(O)C(c1cc(OC3CCCCC3)c(O)c(OC)c1O)O2. The van der Waals surface area contributed by atoms with E-state index >= 15 is 0 Å². The largest absolute Gasteiger partial charge is 0.508 e. The first-order valence-corrected chi connectivity index (χ1v) is 15.9. The summed E-state index contributed by atoms with van der Waals surface area (Å²) in [6.07, 6.45) is 6.16. The van der Waals surface area contributed by atoms with E-state index in [1.165, 1.54) is 7.11 Å². The van der Waals surface area contributed by atoms with E-state index in [-0.39, 0.29) is 46.3 Å². The Kier molecular flexibility index (Phi) is 8.46. The molecule has 4 N–H and O–H groups in total. The summed E-state index contributed by atoms with van der Waals surface area (Å²) < 4.78 is 24.0. The Bertz CT molecular complexity index is 1520. The molecule has 236 valence electrons. The maximum absolute atomic E-state index is 11.6. The van der Waals surface area contributed by atoms with Crippen molar-refractivity contribution in [1.82, 2.24) is 0 Å². The van der Waals surface area contributed by atoms with E-state index in [9.17, 15) is 20.4 Å². The van der Waals surface area contributed by atoms with Gasteiger partial charge in [0.25, 0.3) is 0 Å². The molecule has 1 heterocycles. The Morgan fingerprint density at radius 2 is 1.64 bits per heavy atom. The summed E-state index contributed by atoms with van der Waals surface area (Å²) in [4.78, 5) is 0. The van der Waals surface area contributed by atoms with Gasteiger partial charge in [0.1, 0.15) is 17.2 Å². The summed E-state index contributed by atoms with van der Waals surface area (Å²) >= 11 is 0. The fraction of sp³-hybridized carbons (Fsp3) is 0.500. The van der Waals surface area contributed by atoms with Crippen LogP contribution >= 0.6 is 0 Å². The molecule has 0 amide bonds. The first kappa shape index (κ1) is 30.3. The van der Waals surface area contributed by atoms with Crippen LogP contribution in [0.2, 0.25) is 0 Å². The molecule has 1 fully saturated rings. The van der Waals surface area contributed by atoms with Crippen LogP contribution in [0.25, 0.3) is 11.1 Å². The van der Waals surface area contributed by atoms with E-state index in [1.807, 2.05) is 18.2 Å². The molecule has 0 aromatic heterocycles. The third kappa shape index (κ3) is 5.49. The number of methoxy groups -OCH3 is 2. The molecule has 1 aliphatic heterocycles. The van der Waals surface area contributed by atoms with Gasteiger partial charge in [0.2, 0.25) is 11.5 Å². The zero-order valence-corrected chi connectivity index (χ0v) is 26.1. The number of phenols is 3. The minimum atomic E-state index is -0.988. The molecule has 0 spiro atoms. The third-order valence-corrected chi connectivity index (χ3v) is 9.58. The standard InChI is InChI=1S/C36H44O8/c1-19(2)10-11-20-14-26-25-16-28(38)35(44-29(25)18-30(41-3)32(26)23-13-12-21(37)15-24(20)23)27-17-31(34(40)36(42-4)33(27)39)43-22-8-6-5-7-9-22/h12-13,15,17-20,22,28,35,37-40H,5-11,14,16H2,1-4H3. The number of aliphatic hydroxyl groups excluding tert-OH is 1. The summed E-state index contributed by atoms with van der Waals surface area (Å²) in [6.45, 7) is 4.43. The first-order chi connectivity index (χ1) is 21.2. The van der Waals surface area contributed by atoms with Gasteiger partial charge in [-0.15, -0.1) is 0 Å². The van der Waals surface area contributed by atoms with Crippen molar-refractivity contribution < 1.29 is 39.4 Å². The van der Waals surface area contributed by atoms with Gasteiger partial charge in [0.05, 0.1) is 26.4 Å². The molecule has 8 heteroatoms. The van der Waals surface area contributed by atoms with Gasteiger partial charge in [0.15, 0.2) is 17.6 Å². The Labute approximate surface area is 259 Å². The molecule has 3 aromatic rings. The average molecular weight is 605 g/mol.